The van der Waals surface area contributed by atoms with E-state index in [2.05, 4.69) is 54.9 Å². The Morgan fingerprint density at radius 1 is 1.14 bits per heavy atom. The van der Waals surface area contributed by atoms with Gasteiger partial charge in [-0.3, -0.25) is 9.69 Å². The molecule has 2 atom stereocenters. The van der Waals surface area contributed by atoms with Crippen LogP contribution in [0.15, 0.2) is 24.3 Å². The van der Waals surface area contributed by atoms with Crippen LogP contribution in [0.2, 0.25) is 0 Å². The Labute approximate surface area is 211 Å². The summed E-state index contributed by atoms with van der Waals surface area (Å²) in [5, 5.41) is 3.07. The van der Waals surface area contributed by atoms with E-state index in [9.17, 15) is 9.59 Å². The predicted octanol–water partition coefficient (Wildman–Crippen LogP) is 6.26. The van der Waals surface area contributed by atoms with E-state index in [0.29, 0.717) is 19.0 Å². The molecular formula is C29H43N3O3. The van der Waals surface area contributed by atoms with Gasteiger partial charge in [0.05, 0.1) is 12.0 Å². The zero-order valence-corrected chi connectivity index (χ0v) is 23.0. The SMILES string of the molecule is CC.CCc1c2c3c(n1-c1ccc(C(C)C)cc1)CCN(C(=O)OC(C)(C)C)C3CNC(=O)C2C. The molecule has 2 aliphatic heterocycles. The first kappa shape index (κ1) is 26.8. The summed E-state index contributed by atoms with van der Waals surface area (Å²) in [6, 6.07) is 8.53. The summed E-state index contributed by atoms with van der Waals surface area (Å²) in [6.07, 6.45) is 1.22. The molecule has 2 aliphatic rings. The topological polar surface area (TPSA) is 63.6 Å². The molecule has 3 heterocycles. The number of ether oxygens (including phenoxy) is 1. The Hall–Kier alpha value is -2.76. The van der Waals surface area contributed by atoms with Crippen LogP contribution in [0.1, 0.15) is 108 Å². The third-order valence-electron chi connectivity index (χ3n) is 6.83. The second kappa shape index (κ2) is 10.5. The third kappa shape index (κ3) is 5.12. The highest BCUT2D eigenvalue weighted by atomic mass is 16.6. The number of aromatic nitrogens is 1. The second-order valence-corrected chi connectivity index (χ2v) is 10.6. The molecule has 1 aromatic heterocycles. The highest BCUT2D eigenvalue weighted by molar-refractivity contribution is 5.86. The summed E-state index contributed by atoms with van der Waals surface area (Å²) in [6.45, 7) is 19.1. The van der Waals surface area contributed by atoms with Crippen LogP contribution in [-0.2, 0) is 22.4 Å². The number of amides is 2. The standard InChI is InChI=1S/C27H37N3O3.C2H6/c1-8-20-23-17(4)25(31)28-15-22-24(23)21(13-14-29(22)26(32)33-27(5,6)7)30(20)19-11-9-18(10-12-19)16(2)3;1-2/h9-12,16-17,22H,8,13-15H2,1-7H3,(H,28,31);1-2H3. The molecule has 0 bridgehead atoms. The maximum atomic E-state index is 13.1. The van der Waals surface area contributed by atoms with E-state index in [-0.39, 0.29) is 24.0 Å². The van der Waals surface area contributed by atoms with E-state index in [1.54, 1.807) is 4.90 Å². The lowest BCUT2D eigenvalue weighted by Crippen LogP contribution is -2.46. The average Bonchev–Trinajstić information content (AvgIpc) is 3.09. The van der Waals surface area contributed by atoms with Crippen molar-refractivity contribution in [3.05, 3.63) is 52.3 Å². The third-order valence-corrected chi connectivity index (χ3v) is 6.83. The number of benzene rings is 1. The van der Waals surface area contributed by atoms with Gasteiger partial charge in [0.15, 0.2) is 0 Å². The van der Waals surface area contributed by atoms with E-state index in [1.807, 2.05) is 41.5 Å². The van der Waals surface area contributed by atoms with Crippen molar-refractivity contribution in [2.45, 2.75) is 98.6 Å². The first-order valence-corrected chi connectivity index (χ1v) is 13.2. The first-order valence-electron chi connectivity index (χ1n) is 13.2. The van der Waals surface area contributed by atoms with Gasteiger partial charge >= 0.3 is 6.09 Å². The molecule has 2 unspecified atom stereocenters. The highest BCUT2D eigenvalue weighted by Crippen LogP contribution is 2.43. The quantitative estimate of drug-likeness (QED) is 0.563. The molecule has 6 heteroatoms. The van der Waals surface area contributed by atoms with Gasteiger partial charge in [-0.1, -0.05) is 46.8 Å². The van der Waals surface area contributed by atoms with Gasteiger partial charge in [-0.05, 0) is 63.3 Å². The molecule has 6 nitrogen and oxygen atoms in total. The van der Waals surface area contributed by atoms with Crippen molar-refractivity contribution in [3.63, 3.8) is 0 Å². The summed E-state index contributed by atoms with van der Waals surface area (Å²) in [5.74, 6) is 0.215. The summed E-state index contributed by atoms with van der Waals surface area (Å²) in [5.41, 5.74) is 6.44. The van der Waals surface area contributed by atoms with Crippen molar-refractivity contribution in [2.75, 3.05) is 13.1 Å². The molecule has 0 aliphatic carbocycles. The Kier molecular flexibility index (Phi) is 8.03. The lowest BCUT2D eigenvalue weighted by Gasteiger charge is -2.37. The molecule has 0 spiro atoms. The number of hydrogen-bond donors (Lipinski definition) is 1. The summed E-state index contributed by atoms with van der Waals surface area (Å²) in [4.78, 5) is 27.9. The van der Waals surface area contributed by atoms with Crippen LogP contribution in [0.5, 0.6) is 0 Å². The molecule has 1 N–H and O–H groups in total. The Bertz CT molecular complexity index is 1060. The number of nitrogens with one attached hydrogen (secondary N) is 1. The maximum absolute atomic E-state index is 13.1. The maximum Gasteiger partial charge on any atom is 0.410 e. The zero-order valence-electron chi connectivity index (χ0n) is 23.0. The van der Waals surface area contributed by atoms with E-state index in [4.69, 9.17) is 4.74 Å². The number of carbonyl (C=O) groups is 2. The van der Waals surface area contributed by atoms with E-state index in [0.717, 1.165) is 35.3 Å². The molecule has 2 aromatic rings. The van der Waals surface area contributed by atoms with Crippen LogP contribution in [0.25, 0.3) is 5.69 Å². The normalized spacial score (nSPS) is 19.4. The monoisotopic (exact) mass is 481 g/mol. The van der Waals surface area contributed by atoms with Crippen LogP contribution >= 0.6 is 0 Å². The molecule has 1 aromatic carbocycles. The molecule has 192 valence electrons. The number of carbonyl (C=O) groups excluding carboxylic acids is 2. The highest BCUT2D eigenvalue weighted by Gasteiger charge is 2.42. The predicted molar refractivity (Wildman–Crippen MR) is 141 cm³/mol. The van der Waals surface area contributed by atoms with Gasteiger partial charge in [0.1, 0.15) is 5.60 Å². The van der Waals surface area contributed by atoms with Gasteiger partial charge in [0, 0.05) is 42.1 Å². The lowest BCUT2D eigenvalue weighted by atomic mass is 9.89. The summed E-state index contributed by atoms with van der Waals surface area (Å²) in [7, 11) is 0. The van der Waals surface area contributed by atoms with Gasteiger partial charge < -0.3 is 14.6 Å². The van der Waals surface area contributed by atoms with Crippen molar-refractivity contribution in [1.82, 2.24) is 14.8 Å². The van der Waals surface area contributed by atoms with Gasteiger partial charge in [0.25, 0.3) is 0 Å². The van der Waals surface area contributed by atoms with E-state index in [1.165, 1.54) is 11.3 Å². The minimum atomic E-state index is -0.569. The molecule has 0 saturated carbocycles. The van der Waals surface area contributed by atoms with Gasteiger partial charge in [0.2, 0.25) is 5.91 Å². The minimum absolute atomic E-state index is 0.0124. The smallest absolute Gasteiger partial charge is 0.410 e. The van der Waals surface area contributed by atoms with Crippen molar-refractivity contribution in [2.24, 2.45) is 0 Å². The molecule has 0 fully saturated rings. The Balaban J connectivity index is 0.00000167. The second-order valence-electron chi connectivity index (χ2n) is 10.6. The van der Waals surface area contributed by atoms with E-state index < -0.39 is 5.60 Å². The van der Waals surface area contributed by atoms with Crippen LogP contribution in [0.4, 0.5) is 4.79 Å². The zero-order chi connectivity index (χ0) is 26.1. The Morgan fingerprint density at radius 2 is 1.77 bits per heavy atom. The average molecular weight is 482 g/mol. The molecule has 35 heavy (non-hydrogen) atoms. The van der Waals surface area contributed by atoms with Gasteiger partial charge in [-0.2, -0.15) is 0 Å². The van der Waals surface area contributed by atoms with Crippen molar-refractivity contribution in [1.29, 1.82) is 0 Å². The van der Waals surface area contributed by atoms with E-state index >= 15 is 0 Å². The number of hydrogen-bond acceptors (Lipinski definition) is 3. The molecule has 0 radical (unpaired) electrons. The van der Waals surface area contributed by atoms with Crippen LogP contribution in [-0.4, -0.2) is 40.2 Å². The number of rotatable bonds is 3. The largest absolute Gasteiger partial charge is 0.444 e. The van der Waals surface area contributed by atoms with Crippen molar-refractivity contribution < 1.29 is 14.3 Å². The summed E-state index contributed by atoms with van der Waals surface area (Å²) >= 11 is 0. The van der Waals surface area contributed by atoms with Gasteiger partial charge in [-0.15, -0.1) is 0 Å². The fourth-order valence-corrected chi connectivity index (χ4v) is 5.26. The fraction of sp³-hybridized carbons (Fsp3) is 0.586. The van der Waals surface area contributed by atoms with Crippen LogP contribution in [0.3, 0.4) is 0 Å². The van der Waals surface area contributed by atoms with Crippen LogP contribution < -0.4 is 5.32 Å². The minimum Gasteiger partial charge on any atom is -0.444 e. The first-order chi connectivity index (χ1) is 16.5. The lowest BCUT2D eigenvalue weighted by molar-refractivity contribution is -0.122. The summed E-state index contributed by atoms with van der Waals surface area (Å²) < 4.78 is 8.08. The molecule has 4 rings (SSSR count). The van der Waals surface area contributed by atoms with Crippen molar-refractivity contribution in [3.8, 4) is 5.69 Å². The Morgan fingerprint density at radius 3 is 2.31 bits per heavy atom. The molecule has 2 amide bonds. The fourth-order valence-electron chi connectivity index (χ4n) is 5.26. The molecule has 0 saturated heterocycles. The number of nitrogens with zero attached hydrogens (tertiary/aromatic N) is 2. The van der Waals surface area contributed by atoms with Gasteiger partial charge in [-0.25, -0.2) is 4.79 Å². The molecular weight excluding hydrogens is 438 g/mol. The van der Waals surface area contributed by atoms with Crippen molar-refractivity contribution >= 4 is 12.0 Å². The van der Waals surface area contributed by atoms with Crippen LogP contribution in [0, 0.1) is 0 Å².